The monoisotopic (exact) mass is 342 g/mol. The van der Waals surface area contributed by atoms with E-state index in [-0.39, 0.29) is 11.6 Å². The summed E-state index contributed by atoms with van der Waals surface area (Å²) >= 11 is 0. The molecule has 3 rings (SSSR count). The molecule has 0 aliphatic heterocycles. The maximum Gasteiger partial charge on any atom is 0.335 e. The molecule has 0 atom stereocenters. The van der Waals surface area contributed by atoms with Crippen LogP contribution in [-0.4, -0.2) is 27.1 Å². The second kappa shape index (κ2) is 6.59. The van der Waals surface area contributed by atoms with Crippen LogP contribution >= 0.6 is 0 Å². The predicted molar refractivity (Wildman–Crippen MR) is 98.4 cm³/mol. The van der Waals surface area contributed by atoms with Gasteiger partial charge in [0.15, 0.2) is 0 Å². The van der Waals surface area contributed by atoms with Crippen molar-refractivity contribution in [2.45, 2.75) is 52.5 Å². The Hall–Kier alpha value is -2.21. The number of aromatic carboxylic acids is 1. The molecule has 1 heterocycles. The fourth-order valence-corrected chi connectivity index (χ4v) is 3.66. The van der Waals surface area contributed by atoms with Crippen LogP contribution in [0.25, 0.3) is 10.9 Å². The summed E-state index contributed by atoms with van der Waals surface area (Å²) in [6, 6.07) is 5.08. The third-order valence-electron chi connectivity index (χ3n) is 5.36. The van der Waals surface area contributed by atoms with Gasteiger partial charge < -0.3 is 5.11 Å². The zero-order valence-corrected chi connectivity index (χ0v) is 15.1. The molecule has 0 bridgehead atoms. The van der Waals surface area contributed by atoms with Crippen LogP contribution in [0.2, 0.25) is 0 Å². The molecule has 0 saturated heterocycles. The van der Waals surface area contributed by atoms with Crippen molar-refractivity contribution >= 4 is 22.8 Å². The van der Waals surface area contributed by atoms with Gasteiger partial charge in [-0.25, -0.2) is 20.6 Å². The molecule has 0 spiro atoms. The number of fused-ring (bicyclic) bond motifs is 1. The van der Waals surface area contributed by atoms with Crippen molar-refractivity contribution in [3.63, 3.8) is 0 Å². The van der Waals surface area contributed by atoms with Crippen molar-refractivity contribution in [2.75, 3.05) is 5.01 Å². The third-order valence-corrected chi connectivity index (χ3v) is 5.36. The molecule has 6 nitrogen and oxygen atoms in total. The van der Waals surface area contributed by atoms with Gasteiger partial charge in [0.05, 0.1) is 11.1 Å². The Bertz CT molecular complexity index is 777. The molecule has 0 radical (unpaired) electrons. The van der Waals surface area contributed by atoms with Crippen molar-refractivity contribution in [3.8, 4) is 0 Å². The number of hydrazine groups is 1. The Labute approximate surface area is 148 Å². The number of rotatable bonds is 3. The number of hydrogen-bond donors (Lipinski definition) is 2. The minimum atomic E-state index is -0.956. The minimum Gasteiger partial charge on any atom is -0.478 e. The average Bonchev–Trinajstić information content (AvgIpc) is 2.59. The lowest BCUT2D eigenvalue weighted by Crippen LogP contribution is -2.45. The van der Waals surface area contributed by atoms with Gasteiger partial charge in [-0.3, -0.25) is 5.01 Å². The molecule has 3 N–H and O–H groups in total. The standard InChI is InChI=1S/C19H26N4O2/c1-19(2,3)14-5-7-15(8-6-14)23(20)18-21-11-13-10-12(17(24)25)4-9-16(13)22-18/h4,9-11,14-15H,5-8,20H2,1-3H3,(H,24,25)/t14-,15-. The van der Waals surface area contributed by atoms with E-state index in [4.69, 9.17) is 10.9 Å². The van der Waals surface area contributed by atoms with Crippen LogP contribution in [0.15, 0.2) is 24.4 Å². The van der Waals surface area contributed by atoms with E-state index in [1.807, 2.05) is 0 Å². The Kier molecular flexibility index (Phi) is 4.64. The molecule has 1 aliphatic carbocycles. The summed E-state index contributed by atoms with van der Waals surface area (Å²) in [6.45, 7) is 6.90. The number of nitrogens with two attached hydrogens (primary N) is 1. The van der Waals surface area contributed by atoms with Gasteiger partial charge in [-0.1, -0.05) is 20.8 Å². The summed E-state index contributed by atoms with van der Waals surface area (Å²) in [7, 11) is 0. The number of nitrogens with zero attached hydrogens (tertiary/aromatic N) is 3. The molecule has 1 aliphatic rings. The zero-order valence-electron chi connectivity index (χ0n) is 15.1. The first-order chi connectivity index (χ1) is 11.8. The maximum absolute atomic E-state index is 11.1. The van der Waals surface area contributed by atoms with Crippen molar-refractivity contribution < 1.29 is 9.90 Å². The number of carboxylic acid groups (broad SMARTS) is 1. The Morgan fingerprint density at radius 1 is 1.24 bits per heavy atom. The number of benzene rings is 1. The van der Waals surface area contributed by atoms with Gasteiger partial charge in [0.2, 0.25) is 5.95 Å². The highest BCUT2D eigenvalue weighted by molar-refractivity contribution is 5.93. The lowest BCUT2D eigenvalue weighted by molar-refractivity contribution is 0.0697. The van der Waals surface area contributed by atoms with Crippen molar-refractivity contribution in [1.29, 1.82) is 0 Å². The summed E-state index contributed by atoms with van der Waals surface area (Å²) < 4.78 is 0. The summed E-state index contributed by atoms with van der Waals surface area (Å²) in [6.07, 6.45) is 6.05. The Morgan fingerprint density at radius 3 is 2.52 bits per heavy atom. The normalized spacial score (nSPS) is 21.3. The topological polar surface area (TPSA) is 92.3 Å². The number of carboxylic acids is 1. The average molecular weight is 342 g/mol. The van der Waals surface area contributed by atoms with Gasteiger partial charge in [0.1, 0.15) is 0 Å². The first-order valence-corrected chi connectivity index (χ1v) is 8.80. The summed E-state index contributed by atoms with van der Waals surface area (Å²) in [4.78, 5) is 19.9. The Morgan fingerprint density at radius 2 is 1.92 bits per heavy atom. The third kappa shape index (κ3) is 3.74. The Balaban J connectivity index is 1.75. The highest BCUT2D eigenvalue weighted by Crippen LogP contribution is 2.39. The van der Waals surface area contributed by atoms with Gasteiger partial charge in [-0.05, 0) is 55.2 Å². The van der Waals surface area contributed by atoms with Crippen LogP contribution in [0.3, 0.4) is 0 Å². The molecule has 6 heteroatoms. The van der Waals surface area contributed by atoms with Crippen LogP contribution in [0, 0.1) is 11.3 Å². The molecule has 2 aromatic rings. The largest absolute Gasteiger partial charge is 0.478 e. The number of carbonyl (C=O) groups is 1. The highest BCUT2D eigenvalue weighted by atomic mass is 16.4. The summed E-state index contributed by atoms with van der Waals surface area (Å²) in [5, 5.41) is 11.5. The first-order valence-electron chi connectivity index (χ1n) is 8.80. The lowest BCUT2D eigenvalue weighted by Gasteiger charge is -2.39. The smallest absolute Gasteiger partial charge is 0.335 e. The van der Waals surface area contributed by atoms with Crippen LogP contribution < -0.4 is 10.9 Å². The number of hydrogen-bond acceptors (Lipinski definition) is 5. The fraction of sp³-hybridized carbons (Fsp3) is 0.526. The second-order valence-electron chi connectivity index (χ2n) is 8.03. The zero-order chi connectivity index (χ0) is 18.2. The fourth-order valence-electron chi connectivity index (χ4n) is 3.66. The molecule has 25 heavy (non-hydrogen) atoms. The highest BCUT2D eigenvalue weighted by Gasteiger charge is 2.32. The second-order valence-corrected chi connectivity index (χ2v) is 8.03. The molecule has 1 aromatic heterocycles. The van der Waals surface area contributed by atoms with Gasteiger partial charge in [0.25, 0.3) is 0 Å². The number of aromatic nitrogens is 2. The molecule has 0 unspecified atom stereocenters. The summed E-state index contributed by atoms with van der Waals surface area (Å²) in [5.41, 5.74) is 1.27. The summed E-state index contributed by atoms with van der Waals surface area (Å²) in [5.74, 6) is 6.57. The predicted octanol–water partition coefficient (Wildman–Crippen LogP) is 3.61. The van der Waals surface area contributed by atoms with Crippen molar-refractivity contribution in [2.24, 2.45) is 17.2 Å². The quantitative estimate of drug-likeness (QED) is 0.654. The van der Waals surface area contributed by atoms with E-state index in [2.05, 4.69) is 30.7 Å². The van der Waals surface area contributed by atoms with E-state index >= 15 is 0 Å². The van der Waals surface area contributed by atoms with E-state index in [0.29, 0.717) is 22.3 Å². The first kappa shape index (κ1) is 17.6. The van der Waals surface area contributed by atoms with Crippen LogP contribution in [0.1, 0.15) is 56.8 Å². The van der Waals surface area contributed by atoms with Gasteiger partial charge in [-0.15, -0.1) is 0 Å². The van der Waals surface area contributed by atoms with E-state index in [0.717, 1.165) is 31.6 Å². The van der Waals surface area contributed by atoms with Crippen molar-refractivity contribution in [3.05, 3.63) is 30.0 Å². The molecule has 0 amide bonds. The molecule has 1 saturated carbocycles. The van der Waals surface area contributed by atoms with E-state index in [1.165, 1.54) is 0 Å². The van der Waals surface area contributed by atoms with E-state index < -0.39 is 5.97 Å². The molecule has 134 valence electrons. The molecule has 1 aromatic carbocycles. The molecule has 1 fully saturated rings. The van der Waals surface area contributed by atoms with E-state index in [1.54, 1.807) is 29.4 Å². The van der Waals surface area contributed by atoms with Crippen LogP contribution in [0.5, 0.6) is 0 Å². The maximum atomic E-state index is 11.1. The lowest BCUT2D eigenvalue weighted by atomic mass is 9.71. The number of anilines is 1. The van der Waals surface area contributed by atoms with Gasteiger partial charge in [-0.2, -0.15) is 0 Å². The molecular weight excluding hydrogens is 316 g/mol. The van der Waals surface area contributed by atoms with Crippen molar-refractivity contribution in [1.82, 2.24) is 9.97 Å². The van der Waals surface area contributed by atoms with Crippen LogP contribution in [0.4, 0.5) is 5.95 Å². The molecular formula is C19H26N4O2. The minimum absolute atomic E-state index is 0.231. The van der Waals surface area contributed by atoms with Gasteiger partial charge in [0, 0.05) is 17.6 Å². The van der Waals surface area contributed by atoms with E-state index in [9.17, 15) is 4.79 Å². The van der Waals surface area contributed by atoms with Crippen LogP contribution in [-0.2, 0) is 0 Å². The van der Waals surface area contributed by atoms with Gasteiger partial charge >= 0.3 is 5.97 Å². The SMILES string of the molecule is CC(C)(C)[C@H]1CC[C@H](N(N)c2ncc3cc(C(=O)O)ccc3n2)CC1.